The standard InChI is InChI=1S/C24H25FN4O/c1-15-4-9-22-20(10-15)23(28-12-16(2)27-17(3)13-28)21(11-26)24(30)29(22)14-18-5-7-19(25)8-6-18/h4-10,16-17,27H,12-14H2,1-3H3/t16-,17+. The number of halogens is 1. The van der Waals surface area contributed by atoms with E-state index in [9.17, 15) is 14.4 Å². The van der Waals surface area contributed by atoms with Crippen LogP contribution < -0.4 is 15.8 Å². The number of hydrogen-bond donors (Lipinski definition) is 1. The summed E-state index contributed by atoms with van der Waals surface area (Å²) in [6, 6.07) is 14.8. The number of benzene rings is 2. The average Bonchev–Trinajstić information content (AvgIpc) is 2.70. The van der Waals surface area contributed by atoms with Gasteiger partial charge in [-0.05, 0) is 50.6 Å². The van der Waals surface area contributed by atoms with Crippen molar-refractivity contribution in [3.8, 4) is 6.07 Å². The molecule has 1 fully saturated rings. The highest BCUT2D eigenvalue weighted by Crippen LogP contribution is 2.31. The molecule has 1 saturated heterocycles. The smallest absolute Gasteiger partial charge is 0.271 e. The maximum absolute atomic E-state index is 13.4. The molecule has 0 amide bonds. The largest absolute Gasteiger partial charge is 0.367 e. The van der Waals surface area contributed by atoms with Gasteiger partial charge in [-0.15, -0.1) is 0 Å². The topological polar surface area (TPSA) is 61.1 Å². The minimum atomic E-state index is -0.318. The molecule has 3 aromatic rings. The van der Waals surface area contributed by atoms with Crippen LogP contribution in [0.25, 0.3) is 10.9 Å². The molecule has 154 valence electrons. The Kier molecular flexibility index (Phi) is 5.31. The van der Waals surface area contributed by atoms with Crippen molar-refractivity contribution in [3.63, 3.8) is 0 Å². The lowest BCUT2D eigenvalue weighted by atomic mass is 10.0. The zero-order valence-electron chi connectivity index (χ0n) is 17.4. The number of aromatic nitrogens is 1. The summed E-state index contributed by atoms with van der Waals surface area (Å²) in [7, 11) is 0. The molecule has 4 rings (SSSR count). The molecule has 0 radical (unpaired) electrons. The Hall–Kier alpha value is -3.17. The Labute approximate surface area is 175 Å². The van der Waals surface area contributed by atoms with E-state index in [2.05, 4.69) is 30.1 Å². The Balaban J connectivity index is 1.95. The molecule has 1 aromatic heterocycles. The summed E-state index contributed by atoms with van der Waals surface area (Å²) in [5.74, 6) is -0.318. The first-order chi connectivity index (χ1) is 14.4. The molecule has 2 atom stereocenters. The number of fused-ring (bicyclic) bond motifs is 1. The second-order valence-electron chi connectivity index (χ2n) is 8.25. The summed E-state index contributed by atoms with van der Waals surface area (Å²) in [5, 5.41) is 14.4. The van der Waals surface area contributed by atoms with Crippen molar-refractivity contribution in [3.05, 3.63) is 75.3 Å². The molecule has 5 nitrogen and oxygen atoms in total. The minimum absolute atomic E-state index is 0.163. The normalized spacial score (nSPS) is 19.1. The van der Waals surface area contributed by atoms with E-state index in [4.69, 9.17) is 0 Å². The fourth-order valence-corrected chi connectivity index (χ4v) is 4.42. The van der Waals surface area contributed by atoms with Gasteiger partial charge in [0.05, 0.1) is 17.7 Å². The van der Waals surface area contributed by atoms with Crippen molar-refractivity contribution in [1.29, 1.82) is 5.26 Å². The van der Waals surface area contributed by atoms with E-state index in [1.165, 1.54) is 12.1 Å². The van der Waals surface area contributed by atoms with Gasteiger partial charge < -0.3 is 14.8 Å². The van der Waals surface area contributed by atoms with E-state index < -0.39 is 0 Å². The highest BCUT2D eigenvalue weighted by molar-refractivity contribution is 5.95. The van der Waals surface area contributed by atoms with Crippen LogP contribution in [0.2, 0.25) is 0 Å². The van der Waals surface area contributed by atoms with Crippen molar-refractivity contribution in [2.24, 2.45) is 0 Å². The molecule has 1 aliphatic rings. The van der Waals surface area contributed by atoms with Crippen LogP contribution in [0.5, 0.6) is 0 Å². The van der Waals surface area contributed by atoms with Gasteiger partial charge in [0.25, 0.3) is 5.56 Å². The van der Waals surface area contributed by atoms with Gasteiger partial charge in [0.1, 0.15) is 17.4 Å². The molecule has 1 N–H and O–H groups in total. The maximum atomic E-state index is 13.4. The van der Waals surface area contributed by atoms with E-state index in [1.54, 1.807) is 16.7 Å². The van der Waals surface area contributed by atoms with E-state index in [0.29, 0.717) is 0 Å². The number of rotatable bonds is 3. The molecule has 0 spiro atoms. The number of nitriles is 1. The molecule has 0 bridgehead atoms. The second-order valence-corrected chi connectivity index (χ2v) is 8.25. The van der Waals surface area contributed by atoms with E-state index in [0.717, 1.165) is 40.8 Å². The SMILES string of the molecule is Cc1ccc2c(c1)c(N1C[C@@H](C)N[C@@H](C)C1)c(C#N)c(=O)n2Cc1ccc(F)cc1. The number of anilines is 1. The molecule has 30 heavy (non-hydrogen) atoms. The molecule has 1 aliphatic heterocycles. The molecule has 0 aliphatic carbocycles. The Bertz CT molecular complexity index is 1180. The van der Waals surface area contributed by atoms with Gasteiger partial charge in [0, 0.05) is 30.6 Å². The van der Waals surface area contributed by atoms with Crippen LogP contribution in [0.1, 0.15) is 30.5 Å². The van der Waals surface area contributed by atoms with Gasteiger partial charge in [-0.25, -0.2) is 4.39 Å². The minimum Gasteiger partial charge on any atom is -0.367 e. The predicted octanol–water partition coefficient (Wildman–Crippen LogP) is 3.56. The Morgan fingerprint density at radius 2 is 1.80 bits per heavy atom. The van der Waals surface area contributed by atoms with Gasteiger partial charge in [-0.1, -0.05) is 23.8 Å². The van der Waals surface area contributed by atoms with Crippen molar-refractivity contribution >= 4 is 16.6 Å². The molecular weight excluding hydrogens is 379 g/mol. The first-order valence-corrected chi connectivity index (χ1v) is 10.2. The predicted molar refractivity (Wildman–Crippen MR) is 117 cm³/mol. The highest BCUT2D eigenvalue weighted by Gasteiger charge is 2.27. The molecule has 2 heterocycles. The van der Waals surface area contributed by atoms with Crippen LogP contribution in [-0.2, 0) is 6.54 Å². The zero-order chi connectivity index (χ0) is 21.4. The van der Waals surface area contributed by atoms with Crippen LogP contribution in [-0.4, -0.2) is 29.7 Å². The van der Waals surface area contributed by atoms with Gasteiger partial charge in [-0.2, -0.15) is 5.26 Å². The van der Waals surface area contributed by atoms with Gasteiger partial charge in [0.2, 0.25) is 0 Å². The third-order valence-electron chi connectivity index (χ3n) is 5.63. The lowest BCUT2D eigenvalue weighted by Crippen LogP contribution is -2.54. The van der Waals surface area contributed by atoms with Gasteiger partial charge in [-0.3, -0.25) is 4.79 Å². The van der Waals surface area contributed by atoms with Crippen molar-refractivity contribution < 1.29 is 4.39 Å². The summed E-state index contributed by atoms with van der Waals surface area (Å²) >= 11 is 0. The number of nitrogens with zero attached hydrogens (tertiary/aromatic N) is 3. The van der Waals surface area contributed by atoms with Crippen LogP contribution in [0, 0.1) is 24.1 Å². The van der Waals surface area contributed by atoms with Gasteiger partial charge >= 0.3 is 0 Å². The van der Waals surface area contributed by atoms with Gasteiger partial charge in [0.15, 0.2) is 0 Å². The molecule has 6 heteroatoms. The second kappa shape index (κ2) is 7.92. The summed E-state index contributed by atoms with van der Waals surface area (Å²) in [6.07, 6.45) is 0. The molecule has 0 saturated carbocycles. The number of piperazine rings is 1. The average molecular weight is 404 g/mol. The molecular formula is C24H25FN4O. The fraction of sp³-hybridized carbons (Fsp3) is 0.333. The third-order valence-corrected chi connectivity index (χ3v) is 5.63. The van der Waals surface area contributed by atoms with Crippen molar-refractivity contribution in [1.82, 2.24) is 9.88 Å². The number of nitrogens with one attached hydrogen (secondary N) is 1. The summed E-state index contributed by atoms with van der Waals surface area (Å²) in [5.41, 5.74) is 3.22. The number of aryl methyl sites for hydroxylation is 1. The highest BCUT2D eigenvalue weighted by atomic mass is 19.1. The van der Waals surface area contributed by atoms with Crippen LogP contribution in [0.15, 0.2) is 47.3 Å². The van der Waals surface area contributed by atoms with E-state index in [1.807, 2.05) is 25.1 Å². The fourth-order valence-electron chi connectivity index (χ4n) is 4.42. The third kappa shape index (κ3) is 3.69. The number of hydrogen-bond acceptors (Lipinski definition) is 4. The maximum Gasteiger partial charge on any atom is 0.271 e. The summed E-state index contributed by atoms with van der Waals surface area (Å²) in [6.45, 7) is 7.96. The number of pyridine rings is 1. The first-order valence-electron chi connectivity index (χ1n) is 10.2. The first kappa shape index (κ1) is 20.1. The lowest BCUT2D eigenvalue weighted by Gasteiger charge is -2.38. The zero-order valence-corrected chi connectivity index (χ0v) is 17.4. The van der Waals surface area contributed by atoms with E-state index >= 15 is 0 Å². The van der Waals surface area contributed by atoms with Crippen LogP contribution >= 0.6 is 0 Å². The monoisotopic (exact) mass is 404 g/mol. The summed E-state index contributed by atoms with van der Waals surface area (Å²) in [4.78, 5) is 15.6. The molecule has 0 unspecified atom stereocenters. The van der Waals surface area contributed by atoms with Crippen molar-refractivity contribution in [2.75, 3.05) is 18.0 Å². The summed E-state index contributed by atoms with van der Waals surface area (Å²) < 4.78 is 14.9. The Morgan fingerprint density at radius 3 is 2.43 bits per heavy atom. The lowest BCUT2D eigenvalue weighted by molar-refractivity contribution is 0.407. The molecule has 2 aromatic carbocycles. The van der Waals surface area contributed by atoms with Crippen molar-refractivity contribution in [2.45, 2.75) is 39.4 Å². The quantitative estimate of drug-likeness (QED) is 0.725. The van der Waals surface area contributed by atoms with E-state index in [-0.39, 0.29) is 35.6 Å². The van der Waals surface area contributed by atoms with Crippen LogP contribution in [0.4, 0.5) is 10.1 Å². The van der Waals surface area contributed by atoms with Crippen LogP contribution in [0.3, 0.4) is 0 Å². The Morgan fingerprint density at radius 1 is 1.13 bits per heavy atom.